The third-order valence-electron chi connectivity index (χ3n) is 6.13. The van der Waals surface area contributed by atoms with Gasteiger partial charge in [-0.05, 0) is 63.3 Å². The van der Waals surface area contributed by atoms with Gasteiger partial charge in [0.05, 0.1) is 24.6 Å². The Kier molecular flexibility index (Phi) is 6.24. The maximum atomic E-state index is 12.8. The first-order valence-electron chi connectivity index (χ1n) is 11.6. The second-order valence-corrected chi connectivity index (χ2v) is 9.53. The van der Waals surface area contributed by atoms with Crippen LogP contribution in [0.5, 0.6) is 5.75 Å². The van der Waals surface area contributed by atoms with Crippen molar-refractivity contribution in [3.63, 3.8) is 0 Å². The monoisotopic (exact) mass is 473 g/mol. The van der Waals surface area contributed by atoms with E-state index in [2.05, 4.69) is 19.1 Å². The molecule has 0 radical (unpaired) electrons. The topological polar surface area (TPSA) is 61.0 Å². The van der Waals surface area contributed by atoms with Gasteiger partial charge < -0.3 is 13.9 Å². The Labute approximate surface area is 202 Å². The molecule has 34 heavy (non-hydrogen) atoms. The van der Waals surface area contributed by atoms with Gasteiger partial charge in [0.25, 0.3) is 0 Å². The molecule has 6 heteroatoms. The second-order valence-electron chi connectivity index (χ2n) is 8.45. The highest BCUT2D eigenvalue weighted by molar-refractivity contribution is 7.16. The summed E-state index contributed by atoms with van der Waals surface area (Å²) in [5.41, 5.74) is 4.56. The predicted molar refractivity (Wildman–Crippen MR) is 135 cm³/mol. The second kappa shape index (κ2) is 9.47. The summed E-state index contributed by atoms with van der Waals surface area (Å²) in [5.74, 6) is 1.15. The summed E-state index contributed by atoms with van der Waals surface area (Å²) in [6, 6.07) is 15.9. The van der Waals surface area contributed by atoms with Gasteiger partial charge in [-0.25, -0.2) is 9.79 Å². The summed E-state index contributed by atoms with van der Waals surface area (Å²) in [7, 11) is 1.43. The summed E-state index contributed by atoms with van der Waals surface area (Å²) < 4.78 is 17.2. The first-order chi connectivity index (χ1) is 16.6. The SMILES string of the molecule is CCOc1ccc2oc(-c3ccc(C)cc3)cc(=Nc3sc4c(c3C(=O)OC)CCCC4)c2c1. The highest BCUT2D eigenvalue weighted by atomic mass is 32.1. The van der Waals surface area contributed by atoms with Crippen molar-refractivity contribution in [3.8, 4) is 17.1 Å². The molecule has 2 aromatic heterocycles. The Morgan fingerprint density at radius 3 is 2.65 bits per heavy atom. The summed E-state index contributed by atoms with van der Waals surface area (Å²) in [5, 5.41) is 2.27. The molecule has 0 bridgehead atoms. The maximum Gasteiger partial charge on any atom is 0.341 e. The van der Waals surface area contributed by atoms with Crippen molar-refractivity contribution in [2.24, 2.45) is 4.99 Å². The molecule has 1 aliphatic carbocycles. The zero-order chi connectivity index (χ0) is 23.7. The molecule has 0 unspecified atom stereocenters. The van der Waals surface area contributed by atoms with Crippen molar-refractivity contribution in [1.29, 1.82) is 0 Å². The molecular formula is C28H27NO4S. The Morgan fingerprint density at radius 1 is 1.09 bits per heavy atom. The van der Waals surface area contributed by atoms with E-state index in [-0.39, 0.29) is 5.97 Å². The lowest BCUT2D eigenvalue weighted by Crippen LogP contribution is -2.08. The number of fused-ring (bicyclic) bond motifs is 2. The van der Waals surface area contributed by atoms with Gasteiger partial charge in [0, 0.05) is 21.9 Å². The van der Waals surface area contributed by atoms with Crippen LogP contribution in [0.15, 0.2) is 57.9 Å². The molecule has 0 aliphatic heterocycles. The van der Waals surface area contributed by atoms with Gasteiger partial charge >= 0.3 is 5.97 Å². The van der Waals surface area contributed by atoms with E-state index in [1.165, 1.54) is 17.6 Å². The predicted octanol–water partition coefficient (Wildman–Crippen LogP) is 6.77. The number of hydrogen-bond donors (Lipinski definition) is 0. The molecule has 0 saturated carbocycles. The molecular weight excluding hydrogens is 446 g/mol. The summed E-state index contributed by atoms with van der Waals surface area (Å²) >= 11 is 1.60. The Hall–Kier alpha value is -3.38. The van der Waals surface area contributed by atoms with Gasteiger partial charge in [0.1, 0.15) is 22.1 Å². The lowest BCUT2D eigenvalue weighted by Gasteiger charge is -2.11. The lowest BCUT2D eigenvalue weighted by atomic mass is 9.95. The number of thiophene rings is 1. The van der Waals surface area contributed by atoms with Crippen LogP contribution in [0, 0.1) is 6.92 Å². The molecule has 0 atom stereocenters. The standard InChI is InChI=1S/C28H27NO4S/c1-4-32-19-13-14-23-21(15-19)22(16-24(33-23)18-11-9-17(2)10-12-18)29-27-26(28(30)31-3)20-7-5-6-8-25(20)34-27/h9-16H,4-8H2,1-3H3. The van der Waals surface area contributed by atoms with Crippen LogP contribution >= 0.6 is 11.3 Å². The molecule has 5 nitrogen and oxygen atoms in total. The number of nitrogens with zero attached hydrogens (tertiary/aromatic N) is 1. The van der Waals surface area contributed by atoms with Gasteiger partial charge in [-0.1, -0.05) is 29.8 Å². The minimum absolute atomic E-state index is 0.322. The van der Waals surface area contributed by atoms with Crippen LogP contribution in [0.4, 0.5) is 5.00 Å². The molecule has 0 N–H and O–H groups in total. The van der Waals surface area contributed by atoms with Gasteiger partial charge in [0.2, 0.25) is 0 Å². The van der Waals surface area contributed by atoms with E-state index in [0.29, 0.717) is 22.8 Å². The summed E-state index contributed by atoms with van der Waals surface area (Å²) in [6.07, 6.45) is 4.08. The fourth-order valence-corrected chi connectivity index (χ4v) is 5.67. The van der Waals surface area contributed by atoms with Crippen molar-refractivity contribution >= 4 is 33.3 Å². The molecule has 0 fully saturated rings. The first-order valence-corrected chi connectivity index (χ1v) is 12.4. The number of aryl methyl sites for hydroxylation is 2. The van der Waals surface area contributed by atoms with Crippen LogP contribution in [0.25, 0.3) is 22.3 Å². The van der Waals surface area contributed by atoms with E-state index in [4.69, 9.17) is 18.9 Å². The van der Waals surface area contributed by atoms with Crippen molar-refractivity contribution in [1.82, 2.24) is 0 Å². The maximum absolute atomic E-state index is 12.8. The molecule has 0 amide bonds. The van der Waals surface area contributed by atoms with Crippen LogP contribution in [0.2, 0.25) is 0 Å². The Balaban J connectivity index is 1.77. The Morgan fingerprint density at radius 2 is 1.88 bits per heavy atom. The lowest BCUT2D eigenvalue weighted by molar-refractivity contribution is 0.0600. The third kappa shape index (κ3) is 4.26. The normalized spacial score (nSPS) is 13.7. The largest absolute Gasteiger partial charge is 0.494 e. The van der Waals surface area contributed by atoms with E-state index in [1.807, 2.05) is 43.3 Å². The highest BCUT2D eigenvalue weighted by Crippen LogP contribution is 2.40. The van der Waals surface area contributed by atoms with Gasteiger partial charge in [-0.2, -0.15) is 0 Å². The van der Waals surface area contributed by atoms with Gasteiger partial charge in [0.15, 0.2) is 0 Å². The van der Waals surface area contributed by atoms with E-state index >= 15 is 0 Å². The van der Waals surface area contributed by atoms with E-state index in [1.54, 1.807) is 11.3 Å². The number of carbonyl (C=O) groups is 1. The number of hydrogen-bond acceptors (Lipinski definition) is 6. The number of carbonyl (C=O) groups excluding carboxylic acids is 1. The van der Waals surface area contributed by atoms with Crippen LogP contribution in [-0.2, 0) is 17.6 Å². The number of esters is 1. The quantitative estimate of drug-likeness (QED) is 0.300. The molecule has 2 aromatic carbocycles. The van der Waals surface area contributed by atoms with Crippen LogP contribution in [-0.4, -0.2) is 19.7 Å². The number of benzene rings is 2. The molecule has 2 heterocycles. The summed E-state index contributed by atoms with van der Waals surface area (Å²) in [6.45, 7) is 4.59. The minimum atomic E-state index is -0.322. The fourth-order valence-electron chi connectivity index (χ4n) is 4.41. The number of methoxy groups -OCH3 is 1. The van der Waals surface area contributed by atoms with E-state index in [9.17, 15) is 4.79 Å². The average Bonchev–Trinajstić information content (AvgIpc) is 3.22. The van der Waals surface area contributed by atoms with Crippen LogP contribution < -0.4 is 10.1 Å². The highest BCUT2D eigenvalue weighted by Gasteiger charge is 2.26. The van der Waals surface area contributed by atoms with Crippen molar-refractivity contribution in [3.05, 3.63) is 75.5 Å². The molecule has 0 spiro atoms. The zero-order valence-corrected chi connectivity index (χ0v) is 20.5. The first kappa shape index (κ1) is 22.4. The van der Waals surface area contributed by atoms with E-state index in [0.717, 1.165) is 59.1 Å². The molecule has 4 aromatic rings. The summed E-state index contributed by atoms with van der Waals surface area (Å²) in [4.78, 5) is 19.1. The van der Waals surface area contributed by atoms with Crippen molar-refractivity contribution in [2.75, 3.05) is 13.7 Å². The molecule has 0 saturated heterocycles. The molecule has 174 valence electrons. The average molecular weight is 474 g/mol. The number of rotatable bonds is 5. The minimum Gasteiger partial charge on any atom is -0.494 e. The van der Waals surface area contributed by atoms with Crippen LogP contribution in [0.3, 0.4) is 0 Å². The molecule has 1 aliphatic rings. The Bertz CT molecular complexity index is 1430. The zero-order valence-electron chi connectivity index (χ0n) is 19.6. The van der Waals surface area contributed by atoms with E-state index < -0.39 is 0 Å². The van der Waals surface area contributed by atoms with Gasteiger partial charge in [-0.15, -0.1) is 11.3 Å². The van der Waals surface area contributed by atoms with Gasteiger partial charge in [-0.3, -0.25) is 0 Å². The van der Waals surface area contributed by atoms with Crippen LogP contribution in [0.1, 0.15) is 46.1 Å². The molecule has 5 rings (SSSR count). The fraction of sp³-hybridized carbons (Fsp3) is 0.286. The van der Waals surface area contributed by atoms with Crippen molar-refractivity contribution < 1.29 is 18.7 Å². The number of ether oxygens (including phenoxy) is 2. The van der Waals surface area contributed by atoms with Crippen molar-refractivity contribution in [2.45, 2.75) is 39.5 Å². The third-order valence-corrected chi connectivity index (χ3v) is 7.31. The smallest absolute Gasteiger partial charge is 0.341 e.